The highest BCUT2D eigenvalue weighted by Gasteiger charge is 2.16. The molecule has 0 atom stereocenters. The summed E-state index contributed by atoms with van der Waals surface area (Å²) in [5.74, 6) is 0.0443. The molecule has 9 heteroatoms. The molecule has 1 aromatic heterocycles. The number of hydrogen-bond donors (Lipinski definition) is 3. The zero-order valence-electron chi connectivity index (χ0n) is 12.0. The molecule has 2 rings (SSSR count). The molecule has 0 amide bonds. The second-order valence-electron chi connectivity index (χ2n) is 4.59. The van der Waals surface area contributed by atoms with E-state index >= 15 is 0 Å². The largest absolute Gasteiger partial charge is 0.376 e. The van der Waals surface area contributed by atoms with Gasteiger partial charge in [0.05, 0.1) is 4.90 Å². The Morgan fingerprint density at radius 3 is 2.18 bits per heavy atom. The number of anilines is 2. The molecule has 0 unspecified atom stereocenters. The van der Waals surface area contributed by atoms with Crippen LogP contribution in [0, 0.1) is 13.8 Å². The average molecular weight is 337 g/mol. The minimum atomic E-state index is -3.76. The molecule has 22 heavy (non-hydrogen) atoms. The fourth-order valence-corrected chi connectivity index (χ4v) is 2.87. The zero-order valence-corrected chi connectivity index (χ0v) is 13.6. The fraction of sp³-hybridized carbons (Fsp3) is 0.154. The Balaban J connectivity index is 2.24. The molecule has 1 aromatic carbocycles. The molecule has 0 aliphatic rings. The van der Waals surface area contributed by atoms with Crippen molar-refractivity contribution in [3.63, 3.8) is 0 Å². The number of nitrogens with zero attached hydrogens (tertiary/aromatic N) is 2. The summed E-state index contributed by atoms with van der Waals surface area (Å²) in [5, 5.41) is 2.83. The maximum absolute atomic E-state index is 12.3. The Labute approximate surface area is 134 Å². The summed E-state index contributed by atoms with van der Waals surface area (Å²) in [6.07, 6.45) is 0. The number of aromatic nitrogens is 2. The van der Waals surface area contributed by atoms with Gasteiger partial charge in [-0.2, -0.15) is 0 Å². The number of hydrogen-bond acceptors (Lipinski definition) is 5. The Hall–Kier alpha value is -2.26. The monoisotopic (exact) mass is 337 g/mol. The van der Waals surface area contributed by atoms with Crippen molar-refractivity contribution in [3.05, 3.63) is 41.7 Å². The second kappa shape index (κ2) is 6.24. The van der Waals surface area contributed by atoms with E-state index in [1.54, 1.807) is 32.0 Å². The number of benzene rings is 1. The van der Waals surface area contributed by atoms with Crippen molar-refractivity contribution >= 4 is 39.0 Å². The molecule has 1 heterocycles. The van der Waals surface area contributed by atoms with E-state index in [0.717, 1.165) is 0 Å². The van der Waals surface area contributed by atoms with Crippen LogP contribution >= 0.6 is 12.2 Å². The summed E-state index contributed by atoms with van der Waals surface area (Å²) < 4.78 is 26.9. The molecule has 0 aliphatic carbocycles. The summed E-state index contributed by atoms with van der Waals surface area (Å²) in [6.45, 7) is 3.53. The third-order valence-corrected chi connectivity index (χ3v) is 4.09. The summed E-state index contributed by atoms with van der Waals surface area (Å²) >= 11 is 4.71. The SMILES string of the molecule is Cc1cc(C)nc(NS(=O)(=O)c2ccc(NC(N)=S)cc2)n1. The molecule has 0 saturated carbocycles. The van der Waals surface area contributed by atoms with Crippen LogP contribution in [0.25, 0.3) is 0 Å². The zero-order chi connectivity index (χ0) is 16.3. The minimum Gasteiger partial charge on any atom is -0.376 e. The maximum atomic E-state index is 12.3. The smallest absolute Gasteiger partial charge is 0.264 e. The van der Waals surface area contributed by atoms with Crippen molar-refractivity contribution in [1.29, 1.82) is 0 Å². The van der Waals surface area contributed by atoms with E-state index < -0.39 is 10.0 Å². The first-order valence-electron chi connectivity index (χ1n) is 6.28. The Bertz CT molecular complexity index is 783. The van der Waals surface area contributed by atoms with Gasteiger partial charge in [-0.25, -0.2) is 23.1 Å². The molecule has 0 fully saturated rings. The van der Waals surface area contributed by atoms with Gasteiger partial charge in [0, 0.05) is 17.1 Å². The van der Waals surface area contributed by atoms with Gasteiger partial charge in [0.2, 0.25) is 5.95 Å². The van der Waals surface area contributed by atoms with Crippen molar-refractivity contribution in [2.45, 2.75) is 18.7 Å². The van der Waals surface area contributed by atoms with Gasteiger partial charge in [0.15, 0.2) is 5.11 Å². The Morgan fingerprint density at radius 2 is 1.68 bits per heavy atom. The molecular weight excluding hydrogens is 322 g/mol. The minimum absolute atomic E-state index is 0.0443. The van der Waals surface area contributed by atoms with E-state index in [0.29, 0.717) is 17.1 Å². The molecule has 0 radical (unpaired) electrons. The van der Waals surface area contributed by atoms with Gasteiger partial charge < -0.3 is 11.1 Å². The van der Waals surface area contributed by atoms with Crippen LogP contribution in [-0.2, 0) is 10.0 Å². The van der Waals surface area contributed by atoms with Gasteiger partial charge in [-0.3, -0.25) is 0 Å². The van der Waals surface area contributed by atoms with Crippen molar-refractivity contribution in [3.8, 4) is 0 Å². The van der Waals surface area contributed by atoms with Gasteiger partial charge in [0.1, 0.15) is 0 Å². The second-order valence-corrected chi connectivity index (χ2v) is 6.72. The van der Waals surface area contributed by atoms with Crippen molar-refractivity contribution in [1.82, 2.24) is 9.97 Å². The summed E-state index contributed by atoms with van der Waals surface area (Å²) in [7, 11) is -3.76. The molecule has 0 bridgehead atoms. The summed E-state index contributed by atoms with van der Waals surface area (Å²) in [6, 6.07) is 7.76. The highest BCUT2D eigenvalue weighted by molar-refractivity contribution is 7.92. The molecule has 4 N–H and O–H groups in total. The predicted molar refractivity (Wildman–Crippen MR) is 89.2 cm³/mol. The quantitative estimate of drug-likeness (QED) is 0.726. The van der Waals surface area contributed by atoms with Crippen LogP contribution in [0.3, 0.4) is 0 Å². The van der Waals surface area contributed by atoms with E-state index in [1.807, 2.05) is 0 Å². The van der Waals surface area contributed by atoms with Crippen LogP contribution in [0.2, 0.25) is 0 Å². The molecular formula is C13H15N5O2S2. The Kier molecular flexibility index (Phi) is 4.57. The molecule has 2 aromatic rings. The van der Waals surface area contributed by atoms with E-state index in [-0.39, 0.29) is 16.0 Å². The lowest BCUT2D eigenvalue weighted by atomic mass is 10.3. The van der Waals surface area contributed by atoms with Crippen LogP contribution in [-0.4, -0.2) is 23.5 Å². The number of nitrogens with two attached hydrogens (primary N) is 1. The third kappa shape index (κ3) is 4.12. The van der Waals surface area contributed by atoms with E-state index in [9.17, 15) is 8.42 Å². The lowest BCUT2D eigenvalue weighted by Crippen LogP contribution is -2.19. The van der Waals surface area contributed by atoms with Gasteiger partial charge in [-0.1, -0.05) is 0 Å². The first-order chi connectivity index (χ1) is 10.3. The number of nitrogens with one attached hydrogen (secondary N) is 2. The standard InChI is InChI=1S/C13H15N5O2S2/c1-8-7-9(2)16-13(15-8)18-22(19,20)11-5-3-10(4-6-11)17-12(14)21/h3-7H,1-2H3,(H3,14,17,21)(H,15,16,18). The number of rotatable bonds is 4. The van der Waals surface area contributed by atoms with E-state index in [2.05, 4.69) is 20.0 Å². The lowest BCUT2D eigenvalue weighted by molar-refractivity contribution is 0.601. The molecule has 116 valence electrons. The van der Waals surface area contributed by atoms with Crippen LogP contribution in [0.4, 0.5) is 11.6 Å². The molecule has 0 spiro atoms. The number of sulfonamides is 1. The van der Waals surface area contributed by atoms with Crippen LogP contribution in [0.1, 0.15) is 11.4 Å². The molecule has 7 nitrogen and oxygen atoms in total. The average Bonchev–Trinajstić information content (AvgIpc) is 2.36. The first-order valence-corrected chi connectivity index (χ1v) is 8.17. The van der Waals surface area contributed by atoms with Crippen molar-refractivity contribution < 1.29 is 8.42 Å². The summed E-state index contributed by atoms with van der Waals surface area (Å²) in [5.41, 5.74) is 7.32. The maximum Gasteiger partial charge on any atom is 0.264 e. The van der Waals surface area contributed by atoms with Gasteiger partial charge >= 0.3 is 0 Å². The Morgan fingerprint density at radius 1 is 1.14 bits per heavy atom. The van der Waals surface area contributed by atoms with Crippen LogP contribution in [0.5, 0.6) is 0 Å². The third-order valence-electron chi connectivity index (χ3n) is 2.64. The number of thiocarbonyl (C=S) groups is 1. The van der Waals surface area contributed by atoms with E-state index in [4.69, 9.17) is 18.0 Å². The lowest BCUT2D eigenvalue weighted by Gasteiger charge is -2.09. The predicted octanol–water partition coefficient (Wildman–Crippen LogP) is 1.55. The molecule has 0 saturated heterocycles. The van der Waals surface area contributed by atoms with Gasteiger partial charge in [-0.05, 0) is 56.4 Å². The first kappa shape index (κ1) is 16.1. The normalized spacial score (nSPS) is 11.0. The summed E-state index contributed by atoms with van der Waals surface area (Å²) in [4.78, 5) is 8.20. The van der Waals surface area contributed by atoms with Gasteiger partial charge in [0.25, 0.3) is 10.0 Å². The van der Waals surface area contributed by atoms with Crippen LogP contribution in [0.15, 0.2) is 35.2 Å². The highest BCUT2D eigenvalue weighted by Crippen LogP contribution is 2.16. The number of aryl methyl sites for hydroxylation is 2. The van der Waals surface area contributed by atoms with Crippen LogP contribution < -0.4 is 15.8 Å². The fourth-order valence-electron chi connectivity index (χ4n) is 1.81. The van der Waals surface area contributed by atoms with Crippen molar-refractivity contribution in [2.24, 2.45) is 5.73 Å². The van der Waals surface area contributed by atoms with E-state index in [1.165, 1.54) is 12.1 Å². The van der Waals surface area contributed by atoms with Gasteiger partial charge in [-0.15, -0.1) is 0 Å². The highest BCUT2D eigenvalue weighted by atomic mass is 32.2. The van der Waals surface area contributed by atoms with Crippen molar-refractivity contribution in [2.75, 3.05) is 10.0 Å². The topological polar surface area (TPSA) is 110 Å². The molecule has 0 aliphatic heterocycles.